The molecular formula is C14H12ClF2N. The lowest BCUT2D eigenvalue weighted by Gasteiger charge is -2.22. The molecule has 0 aliphatic heterocycles. The third-order valence-electron chi connectivity index (χ3n) is 2.78. The maximum atomic E-state index is 13.6. The number of nitrogens with zero attached hydrogens (tertiary/aromatic N) is 1. The van der Waals surface area contributed by atoms with Gasteiger partial charge in [0, 0.05) is 24.0 Å². The van der Waals surface area contributed by atoms with Crippen molar-refractivity contribution in [1.82, 2.24) is 0 Å². The van der Waals surface area contributed by atoms with Gasteiger partial charge >= 0.3 is 0 Å². The van der Waals surface area contributed by atoms with Crippen LogP contribution in [0.25, 0.3) is 0 Å². The van der Waals surface area contributed by atoms with Gasteiger partial charge in [0.25, 0.3) is 0 Å². The maximum Gasteiger partial charge on any atom is 0.129 e. The van der Waals surface area contributed by atoms with Gasteiger partial charge in [-0.1, -0.05) is 12.1 Å². The summed E-state index contributed by atoms with van der Waals surface area (Å²) in [4.78, 5) is 1.71. The van der Waals surface area contributed by atoms with Crippen molar-refractivity contribution in [2.75, 3.05) is 11.9 Å². The Kier molecular flexibility index (Phi) is 3.82. The van der Waals surface area contributed by atoms with Crippen LogP contribution in [0.2, 0.25) is 0 Å². The van der Waals surface area contributed by atoms with Crippen molar-refractivity contribution < 1.29 is 8.78 Å². The molecule has 0 bridgehead atoms. The van der Waals surface area contributed by atoms with E-state index in [1.54, 1.807) is 36.2 Å². The van der Waals surface area contributed by atoms with Gasteiger partial charge in [0.1, 0.15) is 11.6 Å². The SMILES string of the molecule is CN(c1cccc(F)c1)c1cccc(F)c1CCl. The minimum atomic E-state index is -0.356. The van der Waals surface area contributed by atoms with E-state index in [2.05, 4.69) is 0 Å². The Hall–Kier alpha value is -1.61. The van der Waals surface area contributed by atoms with E-state index >= 15 is 0 Å². The van der Waals surface area contributed by atoms with Crippen molar-refractivity contribution in [2.24, 2.45) is 0 Å². The summed E-state index contributed by atoms with van der Waals surface area (Å²) in [5.41, 5.74) is 1.69. The summed E-state index contributed by atoms with van der Waals surface area (Å²) in [7, 11) is 1.75. The van der Waals surface area contributed by atoms with Crippen LogP contribution in [0.4, 0.5) is 20.2 Å². The molecule has 0 atom stereocenters. The molecule has 0 saturated heterocycles. The highest BCUT2D eigenvalue weighted by Crippen LogP contribution is 2.29. The highest BCUT2D eigenvalue weighted by molar-refractivity contribution is 6.17. The van der Waals surface area contributed by atoms with Crippen molar-refractivity contribution in [3.8, 4) is 0 Å². The van der Waals surface area contributed by atoms with Crippen LogP contribution in [0.3, 0.4) is 0 Å². The van der Waals surface area contributed by atoms with Crippen LogP contribution in [0.15, 0.2) is 42.5 Å². The third-order valence-corrected chi connectivity index (χ3v) is 3.05. The lowest BCUT2D eigenvalue weighted by molar-refractivity contribution is 0.617. The molecule has 2 aromatic rings. The number of hydrogen-bond donors (Lipinski definition) is 0. The van der Waals surface area contributed by atoms with E-state index in [9.17, 15) is 8.78 Å². The minimum absolute atomic E-state index is 0.0711. The van der Waals surface area contributed by atoms with Gasteiger partial charge in [-0.05, 0) is 30.3 Å². The zero-order chi connectivity index (χ0) is 13.1. The number of rotatable bonds is 3. The summed E-state index contributed by atoms with van der Waals surface area (Å²) in [6, 6.07) is 10.9. The van der Waals surface area contributed by atoms with Crippen molar-refractivity contribution in [2.45, 2.75) is 5.88 Å². The molecule has 0 aliphatic carbocycles. The molecule has 94 valence electrons. The quantitative estimate of drug-likeness (QED) is 0.742. The van der Waals surface area contributed by atoms with Crippen LogP contribution in [0.5, 0.6) is 0 Å². The van der Waals surface area contributed by atoms with E-state index in [1.807, 2.05) is 0 Å². The van der Waals surface area contributed by atoms with Crippen LogP contribution in [0, 0.1) is 11.6 Å². The van der Waals surface area contributed by atoms with Crippen LogP contribution in [0.1, 0.15) is 5.56 Å². The van der Waals surface area contributed by atoms with Crippen LogP contribution in [-0.2, 0) is 5.88 Å². The lowest BCUT2D eigenvalue weighted by atomic mass is 10.1. The topological polar surface area (TPSA) is 3.24 Å². The second kappa shape index (κ2) is 5.36. The van der Waals surface area contributed by atoms with E-state index in [0.717, 1.165) is 0 Å². The number of alkyl halides is 1. The van der Waals surface area contributed by atoms with Crippen LogP contribution in [-0.4, -0.2) is 7.05 Å². The van der Waals surface area contributed by atoms with E-state index in [1.165, 1.54) is 18.2 Å². The molecule has 0 N–H and O–H groups in total. The number of halogens is 3. The summed E-state index contributed by atoms with van der Waals surface area (Å²) in [6.07, 6.45) is 0. The summed E-state index contributed by atoms with van der Waals surface area (Å²) >= 11 is 5.76. The predicted octanol–water partition coefficient (Wildman–Crippen LogP) is 4.47. The predicted molar refractivity (Wildman–Crippen MR) is 70.4 cm³/mol. The molecule has 0 amide bonds. The van der Waals surface area contributed by atoms with Gasteiger partial charge in [-0.2, -0.15) is 0 Å². The second-order valence-corrected chi connectivity index (χ2v) is 4.18. The molecular weight excluding hydrogens is 256 g/mol. The van der Waals surface area contributed by atoms with Gasteiger partial charge in [0.05, 0.1) is 5.88 Å². The first-order valence-corrected chi connectivity index (χ1v) is 5.99. The summed E-state index contributed by atoms with van der Waals surface area (Å²) in [6.45, 7) is 0. The van der Waals surface area contributed by atoms with Gasteiger partial charge in [-0.3, -0.25) is 0 Å². The smallest absolute Gasteiger partial charge is 0.129 e. The highest BCUT2D eigenvalue weighted by atomic mass is 35.5. The third kappa shape index (κ3) is 2.46. The fourth-order valence-electron chi connectivity index (χ4n) is 1.82. The second-order valence-electron chi connectivity index (χ2n) is 3.91. The average Bonchev–Trinajstić information content (AvgIpc) is 2.37. The number of benzene rings is 2. The normalized spacial score (nSPS) is 10.4. The van der Waals surface area contributed by atoms with E-state index in [0.29, 0.717) is 16.9 Å². The zero-order valence-electron chi connectivity index (χ0n) is 9.83. The van der Waals surface area contributed by atoms with Gasteiger partial charge in [-0.15, -0.1) is 11.6 Å². The van der Waals surface area contributed by atoms with E-state index in [4.69, 9.17) is 11.6 Å². The fourth-order valence-corrected chi connectivity index (χ4v) is 2.08. The van der Waals surface area contributed by atoms with Crippen LogP contribution >= 0.6 is 11.6 Å². The summed E-state index contributed by atoms with van der Waals surface area (Å²) in [5.74, 6) is -0.615. The van der Waals surface area contributed by atoms with Crippen molar-refractivity contribution in [3.63, 3.8) is 0 Å². The van der Waals surface area contributed by atoms with Crippen molar-refractivity contribution >= 4 is 23.0 Å². The Labute approximate surface area is 110 Å². The molecule has 0 aromatic heterocycles. The average molecular weight is 268 g/mol. The number of anilines is 2. The Balaban J connectivity index is 2.46. The van der Waals surface area contributed by atoms with Crippen molar-refractivity contribution in [3.05, 3.63) is 59.7 Å². The van der Waals surface area contributed by atoms with E-state index < -0.39 is 0 Å². The first-order chi connectivity index (χ1) is 8.63. The first-order valence-electron chi connectivity index (χ1n) is 5.46. The zero-order valence-corrected chi connectivity index (χ0v) is 10.6. The molecule has 0 spiro atoms. The molecule has 2 rings (SSSR count). The molecule has 0 heterocycles. The Morgan fingerprint density at radius 3 is 2.50 bits per heavy atom. The van der Waals surface area contributed by atoms with Gasteiger partial charge in [-0.25, -0.2) is 8.78 Å². The standard InChI is InChI=1S/C14H12ClF2N/c1-18(11-5-2-4-10(16)8-11)14-7-3-6-13(17)12(14)9-15/h2-8H,9H2,1H3. The Morgan fingerprint density at radius 2 is 1.83 bits per heavy atom. The van der Waals surface area contributed by atoms with E-state index in [-0.39, 0.29) is 17.5 Å². The minimum Gasteiger partial charge on any atom is -0.344 e. The highest BCUT2D eigenvalue weighted by Gasteiger charge is 2.12. The largest absolute Gasteiger partial charge is 0.344 e. The Bertz CT molecular complexity index is 557. The summed E-state index contributed by atoms with van der Waals surface area (Å²) < 4.78 is 26.8. The van der Waals surface area contributed by atoms with Gasteiger partial charge in [0.2, 0.25) is 0 Å². The molecule has 18 heavy (non-hydrogen) atoms. The summed E-state index contributed by atoms with van der Waals surface area (Å²) in [5, 5.41) is 0. The molecule has 0 aliphatic rings. The van der Waals surface area contributed by atoms with Crippen molar-refractivity contribution in [1.29, 1.82) is 0 Å². The van der Waals surface area contributed by atoms with Gasteiger partial charge in [0.15, 0.2) is 0 Å². The molecule has 2 aromatic carbocycles. The number of hydrogen-bond acceptors (Lipinski definition) is 1. The molecule has 0 unspecified atom stereocenters. The first kappa shape index (κ1) is 12.8. The Morgan fingerprint density at radius 1 is 1.11 bits per heavy atom. The fraction of sp³-hybridized carbons (Fsp3) is 0.143. The maximum absolute atomic E-state index is 13.6. The molecule has 4 heteroatoms. The van der Waals surface area contributed by atoms with Crippen LogP contribution < -0.4 is 4.90 Å². The molecule has 0 radical (unpaired) electrons. The monoisotopic (exact) mass is 267 g/mol. The van der Waals surface area contributed by atoms with Gasteiger partial charge < -0.3 is 4.90 Å². The molecule has 0 fully saturated rings. The molecule has 0 saturated carbocycles. The molecule has 1 nitrogen and oxygen atoms in total. The lowest BCUT2D eigenvalue weighted by Crippen LogP contribution is -2.12.